The van der Waals surface area contributed by atoms with Crippen LogP contribution in [0.2, 0.25) is 0 Å². The Morgan fingerprint density at radius 1 is 1.28 bits per heavy atom. The highest BCUT2D eigenvalue weighted by Gasteiger charge is 2.64. The lowest BCUT2D eigenvalue weighted by molar-refractivity contribution is -0.172. The van der Waals surface area contributed by atoms with E-state index in [-0.39, 0.29) is 35.1 Å². The second kappa shape index (κ2) is 6.71. The number of hydrogen-bond acceptors (Lipinski definition) is 4. The van der Waals surface area contributed by atoms with Crippen LogP contribution in [0.5, 0.6) is 5.75 Å². The van der Waals surface area contributed by atoms with E-state index in [4.69, 9.17) is 0 Å². The molecule has 2 bridgehead atoms. The van der Waals surface area contributed by atoms with Crippen molar-refractivity contribution in [3.8, 4) is 5.75 Å². The number of fused-ring (bicyclic) bond motifs is 1. The maximum atomic E-state index is 12.3. The first-order valence-corrected chi connectivity index (χ1v) is 11.4. The number of aliphatic hydroxyl groups is 1. The van der Waals surface area contributed by atoms with E-state index >= 15 is 0 Å². The third-order valence-electron chi connectivity index (χ3n) is 8.21. The SMILES string of the molecule is CC(C)C(=O)NC1CCC23CCN(CC4CC4)C(Cc4ccc(O)cc42)C3(O)C1. The minimum Gasteiger partial charge on any atom is -0.508 e. The summed E-state index contributed by atoms with van der Waals surface area (Å²) in [6.07, 6.45) is 6.71. The Hall–Kier alpha value is -1.59. The first kappa shape index (κ1) is 19.4. The van der Waals surface area contributed by atoms with E-state index in [1.54, 1.807) is 6.07 Å². The number of carbonyl (C=O) groups excluding carboxylic acids is 1. The van der Waals surface area contributed by atoms with Crippen LogP contribution in [0, 0.1) is 11.8 Å². The van der Waals surface area contributed by atoms with E-state index in [9.17, 15) is 15.0 Å². The Bertz CT molecular complexity index is 820. The number of amides is 1. The molecule has 5 heteroatoms. The first-order valence-electron chi connectivity index (χ1n) is 11.4. The van der Waals surface area contributed by atoms with Gasteiger partial charge in [0.05, 0.1) is 5.60 Å². The summed E-state index contributed by atoms with van der Waals surface area (Å²) in [5.74, 6) is 1.10. The minimum absolute atomic E-state index is 0.0188. The number of piperidine rings is 1. The maximum absolute atomic E-state index is 12.3. The lowest BCUT2D eigenvalue weighted by Crippen LogP contribution is -2.74. The molecule has 3 fully saturated rings. The fourth-order valence-corrected chi connectivity index (χ4v) is 6.44. The van der Waals surface area contributed by atoms with Crippen molar-refractivity contribution < 1.29 is 15.0 Å². The molecule has 1 aliphatic heterocycles. The van der Waals surface area contributed by atoms with Crippen LogP contribution >= 0.6 is 0 Å². The molecule has 1 aromatic carbocycles. The average Bonchev–Trinajstić information content (AvgIpc) is 3.48. The topological polar surface area (TPSA) is 72.8 Å². The van der Waals surface area contributed by atoms with Gasteiger partial charge in [0.15, 0.2) is 0 Å². The smallest absolute Gasteiger partial charge is 0.222 e. The van der Waals surface area contributed by atoms with Gasteiger partial charge in [0.2, 0.25) is 5.91 Å². The van der Waals surface area contributed by atoms with Crippen LogP contribution in [0.15, 0.2) is 18.2 Å². The number of hydrogen-bond donors (Lipinski definition) is 3. The quantitative estimate of drug-likeness (QED) is 0.729. The van der Waals surface area contributed by atoms with Crippen LogP contribution in [0.4, 0.5) is 0 Å². The fraction of sp³-hybridized carbons (Fsp3) is 0.708. The second-order valence-electron chi connectivity index (χ2n) is 10.4. The van der Waals surface area contributed by atoms with E-state index in [1.807, 2.05) is 19.9 Å². The molecular formula is C24H34N2O3. The van der Waals surface area contributed by atoms with Crippen LogP contribution in [0.25, 0.3) is 0 Å². The van der Waals surface area contributed by atoms with Gasteiger partial charge in [-0.25, -0.2) is 0 Å². The molecule has 1 aromatic rings. The zero-order valence-electron chi connectivity index (χ0n) is 17.7. The van der Waals surface area contributed by atoms with Crippen molar-refractivity contribution in [2.75, 3.05) is 13.1 Å². The van der Waals surface area contributed by atoms with Gasteiger partial charge in [0.25, 0.3) is 0 Å². The average molecular weight is 399 g/mol. The van der Waals surface area contributed by atoms with Crippen LogP contribution < -0.4 is 5.32 Å². The third-order valence-corrected chi connectivity index (χ3v) is 8.21. The summed E-state index contributed by atoms with van der Waals surface area (Å²) in [6.45, 7) is 5.93. The van der Waals surface area contributed by atoms with Crippen molar-refractivity contribution in [1.29, 1.82) is 0 Å². The predicted molar refractivity (Wildman–Crippen MR) is 112 cm³/mol. The van der Waals surface area contributed by atoms with Gasteiger partial charge in [-0.05, 0) is 80.7 Å². The highest BCUT2D eigenvalue weighted by Crippen LogP contribution is 2.58. The fourth-order valence-electron chi connectivity index (χ4n) is 6.44. The van der Waals surface area contributed by atoms with Crippen LogP contribution in [0.1, 0.15) is 63.5 Å². The van der Waals surface area contributed by atoms with E-state index < -0.39 is 5.60 Å². The Balaban J connectivity index is 1.53. The van der Waals surface area contributed by atoms with Crippen molar-refractivity contribution in [1.82, 2.24) is 10.2 Å². The van der Waals surface area contributed by atoms with Crippen molar-refractivity contribution in [2.45, 2.75) is 81.9 Å². The zero-order valence-corrected chi connectivity index (χ0v) is 17.7. The van der Waals surface area contributed by atoms with E-state index in [1.165, 1.54) is 18.4 Å². The van der Waals surface area contributed by atoms with Gasteiger partial charge in [-0.3, -0.25) is 9.69 Å². The molecule has 4 atom stereocenters. The van der Waals surface area contributed by atoms with Gasteiger partial charge in [-0.2, -0.15) is 0 Å². The van der Waals surface area contributed by atoms with Crippen LogP contribution in [0.3, 0.4) is 0 Å². The molecule has 158 valence electrons. The van der Waals surface area contributed by atoms with Crippen molar-refractivity contribution in [3.63, 3.8) is 0 Å². The van der Waals surface area contributed by atoms with Gasteiger partial charge >= 0.3 is 0 Å². The Morgan fingerprint density at radius 2 is 2.07 bits per heavy atom. The second-order valence-corrected chi connectivity index (χ2v) is 10.4. The predicted octanol–water partition coefficient (Wildman–Crippen LogP) is 2.73. The largest absolute Gasteiger partial charge is 0.508 e. The monoisotopic (exact) mass is 398 g/mol. The summed E-state index contributed by atoms with van der Waals surface area (Å²) in [4.78, 5) is 14.9. The summed E-state index contributed by atoms with van der Waals surface area (Å²) in [6, 6.07) is 5.86. The molecule has 4 aliphatic rings. The minimum atomic E-state index is -0.867. The van der Waals surface area contributed by atoms with Gasteiger partial charge in [0.1, 0.15) is 5.75 Å². The molecule has 1 heterocycles. The summed E-state index contributed by atoms with van der Waals surface area (Å²) >= 11 is 0. The van der Waals surface area contributed by atoms with E-state index in [2.05, 4.69) is 16.3 Å². The zero-order chi connectivity index (χ0) is 20.4. The molecule has 4 unspecified atom stereocenters. The number of rotatable bonds is 4. The number of phenolic OH excluding ortho intramolecular Hbond substituents is 1. The Labute approximate surface area is 173 Å². The number of likely N-dealkylation sites (tertiary alicyclic amines) is 1. The summed E-state index contributed by atoms with van der Waals surface area (Å²) in [5, 5.41) is 25.8. The molecule has 5 nitrogen and oxygen atoms in total. The molecule has 3 N–H and O–H groups in total. The number of carbonyl (C=O) groups is 1. The van der Waals surface area contributed by atoms with Crippen molar-refractivity contribution in [3.05, 3.63) is 29.3 Å². The molecule has 0 radical (unpaired) electrons. The van der Waals surface area contributed by atoms with Crippen LogP contribution in [-0.4, -0.2) is 51.8 Å². The number of nitrogens with one attached hydrogen (secondary N) is 1. The lowest BCUT2D eigenvalue weighted by atomic mass is 9.49. The Kier molecular flexibility index (Phi) is 4.48. The highest BCUT2D eigenvalue weighted by molar-refractivity contribution is 5.78. The molecule has 2 saturated carbocycles. The number of nitrogens with zero attached hydrogens (tertiary/aromatic N) is 1. The maximum Gasteiger partial charge on any atom is 0.222 e. The molecule has 0 aromatic heterocycles. The Morgan fingerprint density at radius 3 is 2.79 bits per heavy atom. The molecular weight excluding hydrogens is 364 g/mol. The highest BCUT2D eigenvalue weighted by atomic mass is 16.3. The number of aromatic hydroxyl groups is 1. The van der Waals surface area contributed by atoms with Crippen LogP contribution in [-0.2, 0) is 16.6 Å². The molecule has 29 heavy (non-hydrogen) atoms. The number of benzene rings is 1. The van der Waals surface area contributed by atoms with Gasteiger partial charge in [0, 0.05) is 30.0 Å². The standard InChI is InChI=1S/C24H34N2O3/c1-15(2)22(28)25-18-7-8-23-9-10-26(14-16-3-4-16)21(24(23,29)13-18)11-17-5-6-19(27)12-20(17)23/h5-6,12,15-16,18,21,27,29H,3-4,7-11,13-14H2,1-2H3,(H,25,28). The first-order chi connectivity index (χ1) is 13.8. The van der Waals surface area contributed by atoms with E-state index in [0.29, 0.717) is 6.42 Å². The van der Waals surface area contributed by atoms with E-state index in [0.717, 1.165) is 50.3 Å². The molecule has 1 saturated heterocycles. The van der Waals surface area contributed by atoms with Crippen molar-refractivity contribution in [2.24, 2.45) is 11.8 Å². The molecule has 0 spiro atoms. The normalized spacial score (nSPS) is 36.4. The van der Waals surface area contributed by atoms with Gasteiger partial charge in [-0.1, -0.05) is 19.9 Å². The lowest BCUT2D eigenvalue weighted by Gasteiger charge is -2.65. The summed E-state index contributed by atoms with van der Waals surface area (Å²) < 4.78 is 0. The molecule has 3 aliphatic carbocycles. The molecule has 5 rings (SSSR count). The van der Waals surface area contributed by atoms with Gasteiger partial charge in [-0.15, -0.1) is 0 Å². The third kappa shape index (κ3) is 3.00. The number of phenols is 1. The molecule has 1 amide bonds. The summed E-state index contributed by atoms with van der Waals surface area (Å²) in [5.41, 5.74) is 1.25. The summed E-state index contributed by atoms with van der Waals surface area (Å²) in [7, 11) is 0. The van der Waals surface area contributed by atoms with Gasteiger partial charge < -0.3 is 15.5 Å². The van der Waals surface area contributed by atoms with Crippen molar-refractivity contribution >= 4 is 5.91 Å².